The molecule has 9 heteroatoms. The molecular weight excluding hydrogens is 366 g/mol. The molecule has 3 aromatic heterocycles. The molecule has 0 fully saturated rings. The van der Waals surface area contributed by atoms with E-state index in [2.05, 4.69) is 30.3 Å². The van der Waals surface area contributed by atoms with Crippen molar-refractivity contribution in [2.75, 3.05) is 5.73 Å². The van der Waals surface area contributed by atoms with Crippen LogP contribution < -0.4 is 5.73 Å². The van der Waals surface area contributed by atoms with E-state index in [9.17, 15) is 0 Å². The SMILES string of the molecule is [C-]#[N+]c1c(C)nn(-c2ccccc2)c1N=Nc1c(C)nn(-c2cccnc2)c1N. The fraction of sp³-hybridized carbons (Fsp3) is 0.100. The number of aryl methyl sites for hydroxylation is 2. The Bertz CT molecular complexity index is 1230. The smallest absolute Gasteiger partial charge is 0.255 e. The van der Waals surface area contributed by atoms with Crippen molar-refractivity contribution in [3.8, 4) is 11.4 Å². The van der Waals surface area contributed by atoms with Crippen LogP contribution in [0.3, 0.4) is 0 Å². The first-order chi connectivity index (χ1) is 14.1. The molecule has 4 aromatic rings. The molecule has 0 atom stereocenters. The van der Waals surface area contributed by atoms with Crippen LogP contribution in [0.5, 0.6) is 0 Å². The standard InChI is InChI=1S/C20H17N9/c1-13-17(19(21)28(26-13)16-10-7-11-23-12-16)24-25-20-18(22-3)14(2)27-29(20)15-8-5-4-6-9-15/h4-12H,21H2,1-2H3. The van der Waals surface area contributed by atoms with Crippen molar-refractivity contribution in [1.82, 2.24) is 24.5 Å². The zero-order valence-electron chi connectivity index (χ0n) is 15.9. The quantitative estimate of drug-likeness (QED) is 0.410. The first-order valence-corrected chi connectivity index (χ1v) is 8.80. The molecule has 0 bridgehead atoms. The average Bonchev–Trinajstić information content (AvgIpc) is 3.23. The van der Waals surface area contributed by atoms with Crippen LogP contribution in [0.4, 0.5) is 23.0 Å². The molecular formula is C20H17N9. The molecule has 9 nitrogen and oxygen atoms in total. The molecule has 0 spiro atoms. The normalized spacial score (nSPS) is 11.1. The molecule has 3 heterocycles. The Morgan fingerprint density at radius 2 is 1.66 bits per heavy atom. The Balaban J connectivity index is 1.80. The molecule has 142 valence electrons. The minimum Gasteiger partial charge on any atom is -0.382 e. The molecule has 0 amide bonds. The fourth-order valence-corrected chi connectivity index (χ4v) is 2.91. The maximum absolute atomic E-state index is 7.51. The largest absolute Gasteiger partial charge is 0.382 e. The van der Waals surface area contributed by atoms with Gasteiger partial charge in [-0.05, 0) is 38.1 Å². The van der Waals surface area contributed by atoms with Gasteiger partial charge in [0.2, 0.25) is 0 Å². The van der Waals surface area contributed by atoms with Gasteiger partial charge >= 0.3 is 0 Å². The molecule has 0 saturated carbocycles. The summed E-state index contributed by atoms with van der Waals surface area (Å²) in [5.74, 6) is 0.683. The van der Waals surface area contributed by atoms with Gasteiger partial charge in [-0.3, -0.25) is 4.98 Å². The summed E-state index contributed by atoms with van der Waals surface area (Å²) in [5.41, 5.74) is 9.74. The number of aromatic nitrogens is 5. The molecule has 0 aliphatic carbocycles. The van der Waals surface area contributed by atoms with Crippen LogP contribution in [0.1, 0.15) is 11.4 Å². The van der Waals surface area contributed by atoms with Crippen molar-refractivity contribution < 1.29 is 0 Å². The van der Waals surface area contributed by atoms with Gasteiger partial charge in [-0.1, -0.05) is 18.2 Å². The number of anilines is 1. The highest BCUT2D eigenvalue weighted by atomic mass is 15.4. The second kappa shape index (κ2) is 7.36. The topological polar surface area (TPSA) is 104 Å². The summed E-state index contributed by atoms with van der Waals surface area (Å²) in [7, 11) is 0. The molecule has 0 aliphatic rings. The molecule has 1 aromatic carbocycles. The Labute approximate surface area is 167 Å². The van der Waals surface area contributed by atoms with Crippen molar-refractivity contribution in [3.05, 3.63) is 77.7 Å². The van der Waals surface area contributed by atoms with Crippen LogP contribution in [0.25, 0.3) is 16.2 Å². The first-order valence-electron chi connectivity index (χ1n) is 8.80. The Hall–Kier alpha value is -4.32. The highest BCUT2D eigenvalue weighted by Gasteiger charge is 2.18. The fourth-order valence-electron chi connectivity index (χ4n) is 2.91. The van der Waals surface area contributed by atoms with Crippen molar-refractivity contribution in [2.45, 2.75) is 13.8 Å². The number of hydrogen-bond donors (Lipinski definition) is 1. The van der Waals surface area contributed by atoms with Gasteiger partial charge in [-0.15, -0.1) is 10.2 Å². The number of nitrogens with zero attached hydrogens (tertiary/aromatic N) is 8. The lowest BCUT2D eigenvalue weighted by Crippen LogP contribution is -2.01. The summed E-state index contributed by atoms with van der Waals surface area (Å²) < 4.78 is 3.16. The minimum absolute atomic E-state index is 0.339. The van der Waals surface area contributed by atoms with E-state index in [0.717, 1.165) is 11.4 Å². The summed E-state index contributed by atoms with van der Waals surface area (Å²) in [6, 6.07) is 13.1. The lowest BCUT2D eigenvalue weighted by Gasteiger charge is -2.04. The lowest BCUT2D eigenvalue weighted by atomic mass is 10.3. The summed E-state index contributed by atoms with van der Waals surface area (Å²) in [6.45, 7) is 11.1. The zero-order valence-corrected chi connectivity index (χ0v) is 15.9. The van der Waals surface area contributed by atoms with Crippen LogP contribution in [-0.4, -0.2) is 24.5 Å². The summed E-state index contributed by atoms with van der Waals surface area (Å²) >= 11 is 0. The third-order valence-electron chi connectivity index (χ3n) is 4.32. The summed E-state index contributed by atoms with van der Waals surface area (Å²) in [6.07, 6.45) is 3.34. The van der Waals surface area contributed by atoms with E-state index in [-0.39, 0.29) is 0 Å². The number of nitrogens with two attached hydrogens (primary N) is 1. The third kappa shape index (κ3) is 3.23. The summed E-state index contributed by atoms with van der Waals surface area (Å²) in [4.78, 5) is 7.67. The van der Waals surface area contributed by atoms with Gasteiger partial charge in [-0.25, -0.2) is 14.2 Å². The van der Waals surface area contributed by atoms with E-state index in [0.29, 0.717) is 34.4 Å². The Kier molecular flexibility index (Phi) is 4.58. The van der Waals surface area contributed by atoms with Crippen molar-refractivity contribution in [2.24, 2.45) is 10.2 Å². The van der Waals surface area contributed by atoms with Crippen LogP contribution in [0.2, 0.25) is 0 Å². The van der Waals surface area contributed by atoms with Crippen LogP contribution >= 0.6 is 0 Å². The highest BCUT2D eigenvalue weighted by molar-refractivity contribution is 5.69. The predicted octanol–water partition coefficient (Wildman–Crippen LogP) is 4.62. The van der Waals surface area contributed by atoms with E-state index in [1.807, 2.05) is 36.4 Å². The van der Waals surface area contributed by atoms with Crippen molar-refractivity contribution in [3.63, 3.8) is 0 Å². The molecule has 0 radical (unpaired) electrons. The zero-order chi connectivity index (χ0) is 20.4. The van der Waals surface area contributed by atoms with Crippen molar-refractivity contribution in [1.29, 1.82) is 0 Å². The van der Waals surface area contributed by atoms with Gasteiger partial charge in [0.15, 0.2) is 17.3 Å². The highest BCUT2D eigenvalue weighted by Crippen LogP contribution is 2.36. The molecule has 2 N–H and O–H groups in total. The van der Waals surface area contributed by atoms with Crippen LogP contribution in [-0.2, 0) is 0 Å². The van der Waals surface area contributed by atoms with Gasteiger partial charge in [0.05, 0.1) is 35.5 Å². The van der Waals surface area contributed by atoms with Gasteiger partial charge < -0.3 is 5.73 Å². The van der Waals surface area contributed by atoms with Gasteiger partial charge in [0.1, 0.15) is 0 Å². The molecule has 0 unspecified atom stereocenters. The predicted molar refractivity (Wildman–Crippen MR) is 109 cm³/mol. The second-order valence-electron chi connectivity index (χ2n) is 6.26. The number of benzene rings is 1. The molecule has 0 aliphatic heterocycles. The number of para-hydroxylation sites is 1. The lowest BCUT2D eigenvalue weighted by molar-refractivity contribution is 0.854. The number of pyridine rings is 1. The van der Waals surface area contributed by atoms with Gasteiger partial charge in [-0.2, -0.15) is 10.2 Å². The minimum atomic E-state index is 0.339. The van der Waals surface area contributed by atoms with Gasteiger partial charge in [0, 0.05) is 6.20 Å². The maximum atomic E-state index is 7.51. The number of hydrogen-bond acceptors (Lipinski definition) is 6. The average molecular weight is 383 g/mol. The summed E-state index contributed by atoms with van der Waals surface area (Å²) in [5, 5.41) is 17.5. The van der Waals surface area contributed by atoms with Crippen molar-refractivity contribution >= 4 is 23.0 Å². The van der Waals surface area contributed by atoms with E-state index >= 15 is 0 Å². The van der Waals surface area contributed by atoms with Gasteiger partial charge in [0.25, 0.3) is 5.69 Å². The number of azo groups is 1. The second-order valence-corrected chi connectivity index (χ2v) is 6.26. The Morgan fingerprint density at radius 3 is 2.34 bits per heavy atom. The molecule has 29 heavy (non-hydrogen) atoms. The number of nitrogen functional groups attached to an aromatic ring is 1. The molecule has 0 saturated heterocycles. The van der Waals surface area contributed by atoms with Crippen LogP contribution in [0, 0.1) is 20.4 Å². The van der Waals surface area contributed by atoms with Crippen LogP contribution in [0.15, 0.2) is 65.1 Å². The Morgan fingerprint density at radius 1 is 0.931 bits per heavy atom. The number of rotatable bonds is 4. The van der Waals surface area contributed by atoms with E-state index < -0.39 is 0 Å². The van der Waals surface area contributed by atoms with E-state index in [1.54, 1.807) is 41.7 Å². The first kappa shape index (κ1) is 18.1. The van der Waals surface area contributed by atoms with E-state index in [4.69, 9.17) is 12.3 Å². The van der Waals surface area contributed by atoms with E-state index in [1.165, 1.54) is 0 Å². The monoisotopic (exact) mass is 383 g/mol. The third-order valence-corrected chi connectivity index (χ3v) is 4.32. The molecule has 4 rings (SSSR count). The maximum Gasteiger partial charge on any atom is 0.255 e.